The van der Waals surface area contributed by atoms with Gasteiger partial charge in [0.25, 0.3) is 0 Å². The van der Waals surface area contributed by atoms with Gasteiger partial charge in [-0.15, -0.1) is 0 Å². The minimum absolute atomic E-state index is 0.0898. The number of carbonyl (C=O) groups excluding carboxylic acids is 1. The van der Waals surface area contributed by atoms with E-state index in [2.05, 4.69) is 18.2 Å². The van der Waals surface area contributed by atoms with Crippen molar-refractivity contribution in [3.05, 3.63) is 70.8 Å². The summed E-state index contributed by atoms with van der Waals surface area (Å²) in [6.45, 7) is 0.556. The predicted octanol–water partition coefficient (Wildman–Crippen LogP) is 3.22. The summed E-state index contributed by atoms with van der Waals surface area (Å²) in [6, 6.07) is 14.3. The molecule has 0 bridgehead atoms. The Morgan fingerprint density at radius 2 is 1.88 bits per heavy atom. The number of carboxylic acid groups (broad SMARTS) is 1. The molecule has 1 heterocycles. The van der Waals surface area contributed by atoms with Gasteiger partial charge in [-0.25, -0.2) is 9.59 Å². The molecular weight excluding hydrogens is 318 g/mol. The van der Waals surface area contributed by atoms with Gasteiger partial charge in [-0.2, -0.15) is 0 Å². The summed E-state index contributed by atoms with van der Waals surface area (Å²) in [5.74, 6) is -0.992. The van der Waals surface area contributed by atoms with E-state index in [9.17, 15) is 9.59 Å². The fourth-order valence-corrected chi connectivity index (χ4v) is 3.44. The third kappa shape index (κ3) is 2.78. The van der Waals surface area contributed by atoms with Crippen molar-refractivity contribution in [2.75, 3.05) is 13.1 Å². The first-order valence-electron chi connectivity index (χ1n) is 8.16. The standard InChI is InChI=1S/C20H17NO4/c22-19(23)14-8-9-21(11-14)20(24)25-12-15-5-3-7-17-16-6-2-1-4-13(16)10-18(15)17/h1-8H,9-12H2,(H,22,23). The van der Waals surface area contributed by atoms with Gasteiger partial charge in [-0.05, 0) is 34.2 Å². The molecular formula is C20H17NO4. The Morgan fingerprint density at radius 1 is 1.08 bits per heavy atom. The van der Waals surface area contributed by atoms with Crippen LogP contribution in [0.25, 0.3) is 11.1 Å². The summed E-state index contributed by atoms with van der Waals surface area (Å²) < 4.78 is 5.42. The average Bonchev–Trinajstić information content (AvgIpc) is 3.25. The van der Waals surface area contributed by atoms with Crippen molar-refractivity contribution < 1.29 is 19.4 Å². The molecule has 1 amide bonds. The van der Waals surface area contributed by atoms with Crippen LogP contribution in [0.5, 0.6) is 0 Å². The van der Waals surface area contributed by atoms with Crippen molar-refractivity contribution in [1.82, 2.24) is 4.90 Å². The van der Waals surface area contributed by atoms with Crippen molar-refractivity contribution in [3.63, 3.8) is 0 Å². The van der Waals surface area contributed by atoms with Crippen LogP contribution in [0.2, 0.25) is 0 Å². The van der Waals surface area contributed by atoms with Gasteiger partial charge in [-0.1, -0.05) is 48.5 Å². The predicted molar refractivity (Wildman–Crippen MR) is 92.2 cm³/mol. The molecule has 5 nitrogen and oxygen atoms in total. The number of amides is 1. The molecule has 1 aliphatic heterocycles. The van der Waals surface area contributed by atoms with E-state index in [1.54, 1.807) is 6.08 Å². The van der Waals surface area contributed by atoms with Gasteiger partial charge in [0, 0.05) is 6.54 Å². The van der Waals surface area contributed by atoms with Crippen molar-refractivity contribution in [2.24, 2.45) is 0 Å². The lowest BCUT2D eigenvalue weighted by atomic mass is 10.0. The molecule has 1 aliphatic carbocycles. The van der Waals surface area contributed by atoms with Crippen LogP contribution < -0.4 is 0 Å². The number of nitrogens with zero attached hydrogens (tertiary/aromatic N) is 1. The molecule has 2 aliphatic rings. The minimum Gasteiger partial charge on any atom is -0.478 e. The van der Waals surface area contributed by atoms with E-state index in [0.717, 1.165) is 12.0 Å². The van der Waals surface area contributed by atoms with Crippen LogP contribution in [0, 0.1) is 0 Å². The normalized spacial score (nSPS) is 14.7. The van der Waals surface area contributed by atoms with Crippen LogP contribution in [0.1, 0.15) is 16.7 Å². The van der Waals surface area contributed by atoms with Gasteiger partial charge in [0.05, 0.1) is 12.1 Å². The molecule has 126 valence electrons. The monoisotopic (exact) mass is 335 g/mol. The number of aliphatic carboxylic acids is 1. The van der Waals surface area contributed by atoms with E-state index in [0.29, 0.717) is 0 Å². The number of hydrogen-bond acceptors (Lipinski definition) is 3. The van der Waals surface area contributed by atoms with E-state index in [1.807, 2.05) is 24.3 Å². The van der Waals surface area contributed by atoms with Gasteiger partial charge < -0.3 is 9.84 Å². The second kappa shape index (κ2) is 6.09. The van der Waals surface area contributed by atoms with Crippen molar-refractivity contribution in [2.45, 2.75) is 13.0 Å². The second-order valence-corrected chi connectivity index (χ2v) is 6.25. The first-order valence-corrected chi connectivity index (χ1v) is 8.16. The maximum atomic E-state index is 12.2. The zero-order valence-corrected chi connectivity index (χ0v) is 13.6. The van der Waals surface area contributed by atoms with E-state index in [4.69, 9.17) is 9.84 Å². The summed E-state index contributed by atoms with van der Waals surface area (Å²) in [4.78, 5) is 24.5. The van der Waals surface area contributed by atoms with Crippen LogP contribution in [-0.4, -0.2) is 35.2 Å². The Balaban J connectivity index is 1.45. The number of ether oxygens (including phenoxy) is 1. The lowest BCUT2D eigenvalue weighted by molar-refractivity contribution is -0.132. The summed E-state index contributed by atoms with van der Waals surface area (Å²) in [5.41, 5.74) is 6.13. The van der Waals surface area contributed by atoms with Crippen LogP contribution >= 0.6 is 0 Å². The largest absolute Gasteiger partial charge is 0.478 e. The van der Waals surface area contributed by atoms with Crippen molar-refractivity contribution >= 4 is 12.1 Å². The summed E-state index contributed by atoms with van der Waals surface area (Å²) in [7, 11) is 0. The van der Waals surface area contributed by atoms with Crippen molar-refractivity contribution in [3.8, 4) is 11.1 Å². The Bertz CT molecular complexity index is 900. The number of rotatable bonds is 3. The van der Waals surface area contributed by atoms with Gasteiger partial charge in [-0.3, -0.25) is 4.90 Å². The van der Waals surface area contributed by atoms with E-state index in [1.165, 1.54) is 27.2 Å². The van der Waals surface area contributed by atoms with Gasteiger partial charge in [0.2, 0.25) is 0 Å². The molecule has 0 fully saturated rings. The van der Waals surface area contributed by atoms with Gasteiger partial charge in [0.1, 0.15) is 6.61 Å². The number of fused-ring (bicyclic) bond motifs is 3. The summed E-state index contributed by atoms with van der Waals surface area (Å²) in [5, 5.41) is 8.97. The van der Waals surface area contributed by atoms with E-state index in [-0.39, 0.29) is 25.3 Å². The average molecular weight is 335 g/mol. The minimum atomic E-state index is -0.992. The first kappa shape index (κ1) is 15.4. The van der Waals surface area contributed by atoms with Crippen LogP contribution in [0.3, 0.4) is 0 Å². The molecule has 25 heavy (non-hydrogen) atoms. The van der Waals surface area contributed by atoms with Crippen LogP contribution in [0.4, 0.5) is 4.79 Å². The molecule has 1 N–H and O–H groups in total. The van der Waals surface area contributed by atoms with Crippen LogP contribution in [-0.2, 0) is 22.6 Å². The molecule has 2 aromatic rings. The third-order valence-corrected chi connectivity index (χ3v) is 4.75. The first-order chi connectivity index (χ1) is 12.1. The summed E-state index contributed by atoms with van der Waals surface area (Å²) >= 11 is 0. The lowest BCUT2D eigenvalue weighted by Crippen LogP contribution is -2.30. The SMILES string of the molecule is O=C(O)C1=CCN(C(=O)OCc2cccc3c2Cc2ccccc2-3)C1. The highest BCUT2D eigenvalue weighted by molar-refractivity contribution is 5.89. The van der Waals surface area contributed by atoms with Gasteiger partial charge in [0.15, 0.2) is 0 Å². The summed E-state index contributed by atoms with van der Waals surface area (Å²) in [6.07, 6.45) is 1.90. The number of carboxylic acids is 1. The topological polar surface area (TPSA) is 66.8 Å². The van der Waals surface area contributed by atoms with E-state index < -0.39 is 12.1 Å². The second-order valence-electron chi connectivity index (χ2n) is 6.25. The lowest BCUT2D eigenvalue weighted by Gasteiger charge is -2.16. The number of benzene rings is 2. The molecule has 0 spiro atoms. The fraction of sp³-hybridized carbons (Fsp3) is 0.200. The maximum Gasteiger partial charge on any atom is 0.410 e. The molecule has 0 atom stereocenters. The molecule has 4 rings (SSSR count). The van der Waals surface area contributed by atoms with Crippen molar-refractivity contribution in [1.29, 1.82) is 0 Å². The molecule has 0 saturated carbocycles. The molecule has 0 unspecified atom stereocenters. The highest BCUT2D eigenvalue weighted by Crippen LogP contribution is 2.38. The Labute approximate surface area is 145 Å². The number of hydrogen-bond donors (Lipinski definition) is 1. The highest BCUT2D eigenvalue weighted by atomic mass is 16.6. The molecule has 5 heteroatoms. The molecule has 0 radical (unpaired) electrons. The zero-order valence-electron chi connectivity index (χ0n) is 13.6. The van der Waals surface area contributed by atoms with Gasteiger partial charge >= 0.3 is 12.1 Å². The number of carbonyl (C=O) groups is 2. The third-order valence-electron chi connectivity index (χ3n) is 4.75. The fourth-order valence-electron chi connectivity index (χ4n) is 3.44. The molecule has 0 aromatic heterocycles. The maximum absolute atomic E-state index is 12.2. The Morgan fingerprint density at radius 3 is 2.68 bits per heavy atom. The quantitative estimate of drug-likeness (QED) is 0.798. The Hall–Kier alpha value is -3.08. The smallest absolute Gasteiger partial charge is 0.410 e. The van der Waals surface area contributed by atoms with E-state index >= 15 is 0 Å². The van der Waals surface area contributed by atoms with Crippen LogP contribution in [0.15, 0.2) is 54.1 Å². The molecule has 2 aromatic carbocycles. The Kier molecular flexibility index (Phi) is 3.76. The zero-order chi connectivity index (χ0) is 17.4. The molecule has 0 saturated heterocycles. The highest BCUT2D eigenvalue weighted by Gasteiger charge is 2.25.